The number of carbonyl (C=O) groups excluding carboxylic acids is 1. The molecule has 13 nitrogen and oxygen atoms in total. The highest BCUT2D eigenvalue weighted by atomic mass is 32.2. The number of pyridine rings is 1. The Labute approximate surface area is 200 Å². The van der Waals surface area contributed by atoms with Gasteiger partial charge in [0.05, 0.1) is 12.4 Å². The Morgan fingerprint density at radius 3 is 2.44 bits per heavy atom. The van der Waals surface area contributed by atoms with Gasteiger partial charge in [-0.3, -0.25) is 9.78 Å². The molecule has 0 bridgehead atoms. The van der Waals surface area contributed by atoms with Crippen LogP contribution in [-0.4, -0.2) is 99.2 Å². The number of rotatable bonds is 12. The van der Waals surface area contributed by atoms with Crippen molar-refractivity contribution in [3.05, 3.63) is 42.0 Å². The second kappa shape index (κ2) is 11.4. The van der Waals surface area contributed by atoms with E-state index in [0.29, 0.717) is 10.1 Å². The third-order valence-electron chi connectivity index (χ3n) is 5.03. The minimum absolute atomic E-state index is 0.0281. The molecule has 0 aromatic carbocycles. The Balaban J connectivity index is 2.38. The molecule has 190 valence electrons. The van der Waals surface area contributed by atoms with E-state index in [9.17, 15) is 38.7 Å². The van der Waals surface area contributed by atoms with Gasteiger partial charge in [0.25, 0.3) is 5.91 Å². The summed E-state index contributed by atoms with van der Waals surface area (Å²) in [4.78, 5) is 20.3. The van der Waals surface area contributed by atoms with Crippen LogP contribution in [0.1, 0.15) is 28.6 Å². The van der Waals surface area contributed by atoms with Crippen LogP contribution in [0.15, 0.2) is 35.2 Å². The van der Waals surface area contributed by atoms with Gasteiger partial charge in [0.2, 0.25) is 10.0 Å². The molecule has 0 spiro atoms. The summed E-state index contributed by atoms with van der Waals surface area (Å²) in [6.45, 7) is 0. The highest BCUT2D eigenvalue weighted by molar-refractivity contribution is 7.98. The summed E-state index contributed by atoms with van der Waals surface area (Å²) in [6, 6.07) is 2.17. The number of hydrogen-bond donors (Lipinski definition) is 6. The van der Waals surface area contributed by atoms with Crippen molar-refractivity contribution in [1.82, 2.24) is 15.3 Å². The van der Waals surface area contributed by atoms with Crippen LogP contribution in [0.4, 0.5) is 6.01 Å². The number of sulfonamides is 1. The molecule has 5 unspecified atom stereocenters. The molecule has 0 saturated carbocycles. The van der Waals surface area contributed by atoms with Crippen LogP contribution in [0.2, 0.25) is 0 Å². The molecule has 1 amide bonds. The standard InChI is InChI=1S/C19H28N4O9S2/c1-23(34(3,30)31)18-21-12(10-32-18)17(28)22-19(29,15(26)11-4-7-20-8-5-11)16(27)14(25)13(24)6-9-33-2/h4-5,7-8,10,13-16,24-27,29H,6,9H2,1-3H3,(H,22,28). The fraction of sp³-hybridized carbons (Fsp3) is 0.526. The summed E-state index contributed by atoms with van der Waals surface area (Å²) in [5.74, 6) is -0.740. The molecule has 34 heavy (non-hydrogen) atoms. The largest absolute Gasteiger partial charge is 0.430 e. The van der Waals surface area contributed by atoms with Gasteiger partial charge in [0.1, 0.15) is 24.6 Å². The average molecular weight is 521 g/mol. The number of aromatic nitrogens is 2. The number of amides is 1. The molecule has 0 aliphatic carbocycles. The van der Waals surface area contributed by atoms with Gasteiger partial charge in [0, 0.05) is 19.4 Å². The van der Waals surface area contributed by atoms with Crippen molar-refractivity contribution in [2.24, 2.45) is 0 Å². The molecule has 0 saturated heterocycles. The zero-order valence-electron chi connectivity index (χ0n) is 18.6. The van der Waals surface area contributed by atoms with Gasteiger partial charge in [-0.25, -0.2) is 12.7 Å². The molecule has 5 atom stereocenters. The van der Waals surface area contributed by atoms with Crippen molar-refractivity contribution in [2.75, 3.05) is 29.6 Å². The Bertz CT molecular complexity index is 1050. The van der Waals surface area contributed by atoms with Gasteiger partial charge in [-0.05, 0) is 36.1 Å². The van der Waals surface area contributed by atoms with Crippen LogP contribution in [-0.2, 0) is 10.0 Å². The second-order valence-corrected chi connectivity index (χ2v) is 10.5. The third kappa shape index (κ3) is 6.44. The predicted molar refractivity (Wildman–Crippen MR) is 122 cm³/mol. The maximum absolute atomic E-state index is 12.8. The lowest BCUT2D eigenvalue weighted by atomic mass is 9.88. The van der Waals surface area contributed by atoms with E-state index in [1.54, 1.807) is 6.26 Å². The van der Waals surface area contributed by atoms with Crippen LogP contribution in [0.25, 0.3) is 0 Å². The topological polar surface area (TPSA) is 207 Å². The van der Waals surface area contributed by atoms with Crippen molar-refractivity contribution in [1.29, 1.82) is 0 Å². The lowest BCUT2D eigenvalue weighted by Gasteiger charge is -2.40. The molecule has 6 N–H and O–H groups in total. The molecule has 2 aromatic heterocycles. The zero-order chi connectivity index (χ0) is 25.7. The highest BCUT2D eigenvalue weighted by Crippen LogP contribution is 2.30. The summed E-state index contributed by atoms with van der Waals surface area (Å²) in [5.41, 5.74) is -3.38. The van der Waals surface area contributed by atoms with E-state index in [2.05, 4.69) is 9.97 Å². The number of anilines is 1. The number of thioether (sulfide) groups is 1. The fourth-order valence-corrected chi connectivity index (χ4v) is 3.73. The van der Waals surface area contributed by atoms with Crippen LogP contribution < -0.4 is 9.62 Å². The normalized spacial score (nSPS) is 17.3. The van der Waals surface area contributed by atoms with E-state index >= 15 is 0 Å². The maximum atomic E-state index is 12.8. The van der Waals surface area contributed by atoms with Crippen LogP contribution in [0.5, 0.6) is 0 Å². The van der Waals surface area contributed by atoms with Gasteiger partial charge in [-0.2, -0.15) is 16.7 Å². The lowest BCUT2D eigenvalue weighted by molar-refractivity contribution is -0.204. The summed E-state index contributed by atoms with van der Waals surface area (Å²) < 4.78 is 29.0. The first-order valence-electron chi connectivity index (χ1n) is 9.88. The van der Waals surface area contributed by atoms with Gasteiger partial charge >= 0.3 is 6.01 Å². The first-order valence-corrected chi connectivity index (χ1v) is 13.1. The van der Waals surface area contributed by atoms with Crippen molar-refractivity contribution >= 4 is 33.7 Å². The molecule has 0 radical (unpaired) electrons. The van der Waals surface area contributed by atoms with Gasteiger partial charge in [-0.1, -0.05) is 0 Å². The number of oxazole rings is 1. The van der Waals surface area contributed by atoms with Crippen molar-refractivity contribution in [2.45, 2.75) is 36.6 Å². The Morgan fingerprint density at radius 2 is 1.88 bits per heavy atom. The van der Waals surface area contributed by atoms with Gasteiger partial charge in [-0.15, -0.1) is 0 Å². The number of nitrogens with zero attached hydrogens (tertiary/aromatic N) is 3. The second-order valence-electron chi connectivity index (χ2n) is 7.49. The fourth-order valence-electron chi connectivity index (χ4n) is 2.88. The minimum Gasteiger partial charge on any atom is -0.430 e. The summed E-state index contributed by atoms with van der Waals surface area (Å²) in [6.07, 6.45) is -1.59. The van der Waals surface area contributed by atoms with Crippen molar-refractivity contribution < 1.29 is 43.2 Å². The smallest absolute Gasteiger partial charge is 0.311 e. The van der Waals surface area contributed by atoms with Crippen molar-refractivity contribution in [3.63, 3.8) is 0 Å². The third-order valence-corrected chi connectivity index (χ3v) is 6.83. The molecule has 0 aliphatic rings. The highest BCUT2D eigenvalue weighted by Gasteiger charge is 2.50. The Morgan fingerprint density at radius 1 is 1.26 bits per heavy atom. The summed E-state index contributed by atoms with van der Waals surface area (Å²) in [5, 5.41) is 55.5. The number of aliphatic hydroxyl groups excluding tert-OH is 4. The van der Waals surface area contributed by atoms with Crippen LogP contribution in [0, 0.1) is 0 Å². The minimum atomic E-state index is -3.75. The molecule has 2 rings (SSSR count). The zero-order valence-corrected chi connectivity index (χ0v) is 20.3. The predicted octanol–water partition coefficient (Wildman–Crippen LogP) is -1.55. The van der Waals surface area contributed by atoms with E-state index in [-0.39, 0.29) is 12.0 Å². The van der Waals surface area contributed by atoms with E-state index in [1.807, 2.05) is 5.32 Å². The molecular weight excluding hydrogens is 492 g/mol. The van der Waals surface area contributed by atoms with Gasteiger partial charge in [0.15, 0.2) is 11.4 Å². The van der Waals surface area contributed by atoms with Crippen LogP contribution >= 0.6 is 11.8 Å². The molecule has 2 aromatic rings. The Hall–Kier alpha value is -2.27. The van der Waals surface area contributed by atoms with E-state index in [0.717, 1.165) is 19.6 Å². The first kappa shape index (κ1) is 28.0. The van der Waals surface area contributed by atoms with E-state index in [1.165, 1.54) is 36.3 Å². The van der Waals surface area contributed by atoms with Crippen molar-refractivity contribution in [3.8, 4) is 0 Å². The van der Waals surface area contributed by atoms with Gasteiger partial charge < -0.3 is 35.3 Å². The quantitative estimate of drug-likeness (QED) is 0.176. The molecular formula is C19H28N4O9S2. The number of nitrogens with one attached hydrogen (secondary N) is 1. The first-order chi connectivity index (χ1) is 15.8. The monoisotopic (exact) mass is 520 g/mol. The summed E-state index contributed by atoms with van der Waals surface area (Å²) in [7, 11) is -2.61. The van der Waals surface area contributed by atoms with E-state index in [4.69, 9.17) is 4.42 Å². The molecule has 2 heterocycles. The average Bonchev–Trinajstić information content (AvgIpc) is 3.30. The Kier molecular flexibility index (Phi) is 9.41. The molecule has 0 fully saturated rings. The summed E-state index contributed by atoms with van der Waals surface area (Å²) >= 11 is 1.38. The maximum Gasteiger partial charge on any atom is 0.311 e. The van der Waals surface area contributed by atoms with E-state index < -0.39 is 57.8 Å². The molecule has 15 heteroatoms. The number of hydrogen-bond acceptors (Lipinski definition) is 12. The SMILES string of the molecule is CSCCC(O)C(O)C(O)C(O)(NC(=O)c1coc(N(C)S(C)(=O)=O)n1)C(O)c1ccncc1. The van der Waals surface area contributed by atoms with Crippen LogP contribution in [0.3, 0.4) is 0 Å². The number of carbonyl (C=O) groups is 1. The molecule has 0 aliphatic heterocycles. The lowest BCUT2D eigenvalue weighted by Crippen LogP contribution is -2.65. The number of aliphatic hydroxyl groups is 5.